The van der Waals surface area contributed by atoms with Gasteiger partial charge in [0.2, 0.25) is 0 Å². The number of nitrogens with two attached hydrogens (primary N) is 1. The molecule has 0 heterocycles. The number of benzene rings is 1. The van der Waals surface area contributed by atoms with Crippen LogP contribution in [0.15, 0.2) is 29.3 Å². The average Bonchev–Trinajstić information content (AvgIpc) is 2.35. The zero-order valence-corrected chi connectivity index (χ0v) is 13.0. The fourth-order valence-corrected chi connectivity index (χ4v) is 1.87. The summed E-state index contributed by atoms with van der Waals surface area (Å²) >= 11 is 0. The molecule has 0 spiro atoms. The Balaban J connectivity index is 0.00000162. The summed E-state index contributed by atoms with van der Waals surface area (Å²) in [5.41, 5.74) is 6.79. The molecule has 2 atom stereocenters. The molecule has 4 nitrogen and oxygen atoms in total. The second-order valence-electron chi connectivity index (χ2n) is 4.49. The van der Waals surface area contributed by atoms with E-state index < -0.39 is 0 Å². The Hall–Kier alpha value is -0.980. The predicted molar refractivity (Wildman–Crippen MR) is 85.8 cm³/mol. The van der Waals surface area contributed by atoms with Crippen LogP contribution in [0.5, 0.6) is 5.75 Å². The Kier molecular flexibility index (Phi) is 5.71. The lowest BCUT2D eigenvalue weighted by Gasteiger charge is -2.30. The van der Waals surface area contributed by atoms with Crippen LogP contribution in [-0.2, 0) is 0 Å². The van der Waals surface area contributed by atoms with Gasteiger partial charge >= 0.3 is 0 Å². The summed E-state index contributed by atoms with van der Waals surface area (Å²) in [5.74, 6) is 1.98. The van der Waals surface area contributed by atoms with Crippen LogP contribution in [0.4, 0.5) is 5.69 Å². The van der Waals surface area contributed by atoms with Crippen LogP contribution in [0.2, 0.25) is 0 Å². The van der Waals surface area contributed by atoms with Crippen LogP contribution < -0.4 is 15.8 Å². The first-order chi connectivity index (χ1) is 8.19. The van der Waals surface area contributed by atoms with E-state index in [1.165, 1.54) is 6.42 Å². The van der Waals surface area contributed by atoms with Gasteiger partial charge < -0.3 is 15.8 Å². The minimum absolute atomic E-state index is 0. The Morgan fingerprint density at radius 1 is 1.33 bits per heavy atom. The Bertz CT molecular complexity index is 405. The van der Waals surface area contributed by atoms with E-state index in [0.29, 0.717) is 17.9 Å². The van der Waals surface area contributed by atoms with Gasteiger partial charge in [0, 0.05) is 5.69 Å². The molecule has 2 unspecified atom stereocenters. The lowest BCUT2D eigenvalue weighted by Crippen LogP contribution is -2.32. The third kappa shape index (κ3) is 3.76. The smallest absolute Gasteiger partial charge is 0.193 e. The number of nitrogens with zero attached hydrogens (tertiary/aromatic N) is 1. The number of hydrogen-bond acceptors (Lipinski definition) is 2. The Labute approximate surface area is 125 Å². The van der Waals surface area contributed by atoms with Gasteiger partial charge in [0.1, 0.15) is 5.75 Å². The summed E-state index contributed by atoms with van der Waals surface area (Å²) < 4.78 is 5.09. The largest absolute Gasteiger partial charge is 0.497 e. The van der Waals surface area contributed by atoms with Gasteiger partial charge in [-0.2, -0.15) is 0 Å². The van der Waals surface area contributed by atoms with Crippen molar-refractivity contribution >= 4 is 35.6 Å². The van der Waals surface area contributed by atoms with Crippen molar-refractivity contribution in [1.82, 2.24) is 0 Å². The van der Waals surface area contributed by atoms with Crippen LogP contribution in [0.25, 0.3) is 0 Å². The Morgan fingerprint density at radius 3 is 2.44 bits per heavy atom. The topological polar surface area (TPSA) is 59.6 Å². The van der Waals surface area contributed by atoms with Crippen LogP contribution in [0, 0.1) is 5.92 Å². The number of halogens is 1. The fraction of sp³-hybridized carbons (Fsp3) is 0.462. The fourth-order valence-electron chi connectivity index (χ4n) is 1.87. The number of anilines is 1. The molecule has 0 aliphatic heterocycles. The highest BCUT2D eigenvalue weighted by atomic mass is 127. The summed E-state index contributed by atoms with van der Waals surface area (Å²) in [5, 5.41) is 3.09. The summed E-state index contributed by atoms with van der Waals surface area (Å²) in [6.45, 7) is 2.21. The van der Waals surface area contributed by atoms with Gasteiger partial charge in [0.25, 0.3) is 0 Å². The first-order valence-electron chi connectivity index (χ1n) is 5.93. The van der Waals surface area contributed by atoms with Crippen LogP contribution in [-0.4, -0.2) is 19.1 Å². The zero-order valence-electron chi connectivity index (χ0n) is 10.7. The molecule has 0 saturated heterocycles. The predicted octanol–water partition coefficient (Wildman–Crippen LogP) is 2.84. The zero-order chi connectivity index (χ0) is 12.3. The van der Waals surface area contributed by atoms with Crippen molar-refractivity contribution < 1.29 is 4.74 Å². The lowest BCUT2D eigenvalue weighted by molar-refractivity contribution is 0.284. The average molecular weight is 361 g/mol. The van der Waals surface area contributed by atoms with E-state index in [1.54, 1.807) is 7.11 Å². The number of hydrogen-bond donors (Lipinski definition) is 2. The molecule has 2 rings (SSSR count). The third-order valence-corrected chi connectivity index (χ3v) is 3.24. The van der Waals surface area contributed by atoms with Gasteiger partial charge in [-0.25, -0.2) is 4.99 Å². The number of rotatable bonds is 3. The number of guanidine groups is 1. The monoisotopic (exact) mass is 361 g/mol. The van der Waals surface area contributed by atoms with Gasteiger partial charge in [-0.15, -0.1) is 24.0 Å². The molecular formula is C13H20IN3O. The molecule has 1 fully saturated rings. The highest BCUT2D eigenvalue weighted by Gasteiger charge is 2.26. The third-order valence-electron chi connectivity index (χ3n) is 3.24. The molecule has 0 aromatic heterocycles. The second-order valence-corrected chi connectivity index (χ2v) is 4.49. The van der Waals surface area contributed by atoms with Crippen LogP contribution in [0.3, 0.4) is 0 Å². The first-order valence-corrected chi connectivity index (χ1v) is 5.93. The molecule has 0 radical (unpaired) electrons. The van der Waals surface area contributed by atoms with E-state index >= 15 is 0 Å². The van der Waals surface area contributed by atoms with E-state index in [9.17, 15) is 0 Å². The van der Waals surface area contributed by atoms with E-state index in [2.05, 4.69) is 17.2 Å². The maximum absolute atomic E-state index is 5.86. The van der Waals surface area contributed by atoms with Crippen molar-refractivity contribution in [2.24, 2.45) is 16.6 Å². The van der Waals surface area contributed by atoms with E-state index in [4.69, 9.17) is 10.5 Å². The summed E-state index contributed by atoms with van der Waals surface area (Å²) in [6, 6.07) is 8.01. The normalized spacial score (nSPS) is 22.7. The summed E-state index contributed by atoms with van der Waals surface area (Å²) in [4.78, 5) is 4.45. The number of aliphatic imine (C=N–C) groups is 1. The first kappa shape index (κ1) is 15.1. The molecule has 3 N–H and O–H groups in total. The van der Waals surface area contributed by atoms with E-state index in [1.807, 2.05) is 24.3 Å². The molecule has 1 aromatic rings. The van der Waals surface area contributed by atoms with Gasteiger partial charge in [-0.1, -0.05) is 6.92 Å². The lowest BCUT2D eigenvalue weighted by atomic mass is 9.82. The molecule has 0 bridgehead atoms. The van der Waals surface area contributed by atoms with Crippen molar-refractivity contribution in [2.75, 3.05) is 12.4 Å². The molecule has 1 saturated carbocycles. The second kappa shape index (κ2) is 6.82. The van der Waals surface area contributed by atoms with Gasteiger partial charge in [0.05, 0.1) is 13.2 Å². The maximum Gasteiger partial charge on any atom is 0.193 e. The summed E-state index contributed by atoms with van der Waals surface area (Å²) in [6.07, 6.45) is 2.40. The number of nitrogens with one attached hydrogen (secondary N) is 1. The van der Waals surface area contributed by atoms with Crippen molar-refractivity contribution in [3.8, 4) is 5.75 Å². The number of ether oxygens (including phenoxy) is 1. The van der Waals surface area contributed by atoms with Crippen molar-refractivity contribution in [1.29, 1.82) is 0 Å². The molecule has 1 aliphatic rings. The molecular weight excluding hydrogens is 341 g/mol. The highest BCUT2D eigenvalue weighted by Crippen LogP contribution is 2.29. The molecule has 100 valence electrons. The minimum Gasteiger partial charge on any atom is -0.497 e. The van der Waals surface area contributed by atoms with Crippen LogP contribution >= 0.6 is 24.0 Å². The minimum atomic E-state index is 0. The molecule has 5 heteroatoms. The molecule has 1 aromatic carbocycles. The highest BCUT2D eigenvalue weighted by molar-refractivity contribution is 14.0. The quantitative estimate of drug-likeness (QED) is 0.495. The standard InChI is InChI=1S/C13H19N3O.HI/c1-9-3-8-12(9)16-13(14)15-10-4-6-11(17-2)7-5-10;/h4-7,9,12H,3,8H2,1-2H3,(H3,14,15,16);1H. The summed E-state index contributed by atoms with van der Waals surface area (Å²) in [7, 11) is 1.65. The molecule has 18 heavy (non-hydrogen) atoms. The molecule has 1 aliphatic carbocycles. The SMILES string of the molecule is COc1ccc(NC(N)=NC2CCC2C)cc1.I. The van der Waals surface area contributed by atoms with Gasteiger partial charge in [-0.05, 0) is 43.0 Å². The van der Waals surface area contributed by atoms with Crippen molar-refractivity contribution in [3.63, 3.8) is 0 Å². The van der Waals surface area contributed by atoms with Crippen molar-refractivity contribution in [2.45, 2.75) is 25.8 Å². The Morgan fingerprint density at radius 2 is 2.00 bits per heavy atom. The van der Waals surface area contributed by atoms with E-state index in [0.717, 1.165) is 17.9 Å². The number of methoxy groups -OCH3 is 1. The van der Waals surface area contributed by atoms with Gasteiger partial charge in [0.15, 0.2) is 5.96 Å². The van der Waals surface area contributed by atoms with E-state index in [-0.39, 0.29) is 24.0 Å². The maximum atomic E-state index is 5.86. The van der Waals surface area contributed by atoms with Crippen molar-refractivity contribution in [3.05, 3.63) is 24.3 Å². The van der Waals surface area contributed by atoms with Gasteiger partial charge in [-0.3, -0.25) is 0 Å². The van der Waals surface area contributed by atoms with Crippen LogP contribution in [0.1, 0.15) is 19.8 Å². The molecule has 0 amide bonds.